The third-order valence-electron chi connectivity index (χ3n) is 2.58. The van der Waals surface area contributed by atoms with Crippen LogP contribution < -0.4 is 5.19 Å². The van der Waals surface area contributed by atoms with Crippen LogP contribution in [0.15, 0.2) is 30.5 Å². The molecule has 1 nitrogen and oxygen atoms in total. The van der Waals surface area contributed by atoms with E-state index in [1.165, 1.54) is 10.6 Å². The molecule has 15 heavy (non-hydrogen) atoms. The van der Waals surface area contributed by atoms with Crippen LogP contribution in [0.5, 0.6) is 0 Å². The van der Waals surface area contributed by atoms with E-state index in [2.05, 4.69) is 42.8 Å². The fourth-order valence-electron chi connectivity index (χ4n) is 1.61. The molecule has 78 valence electrons. The number of pyridine rings is 1. The first-order chi connectivity index (χ1) is 6.98. The molecule has 0 aliphatic heterocycles. The number of fused-ring (bicyclic) bond motifs is 1. The zero-order valence-corrected chi connectivity index (χ0v) is 11.0. The van der Waals surface area contributed by atoms with Crippen molar-refractivity contribution in [3.8, 4) is 0 Å². The molecule has 0 atom stereocenters. The number of hydrogen-bond acceptors (Lipinski definition) is 1. The molecule has 0 bridgehead atoms. The lowest BCUT2D eigenvalue weighted by Gasteiger charge is -2.17. The molecule has 1 heterocycles. The fourth-order valence-corrected chi connectivity index (χ4v) is 3.01. The van der Waals surface area contributed by atoms with Gasteiger partial charge in [-0.1, -0.05) is 54.6 Å². The zero-order valence-electron chi connectivity index (χ0n) is 9.21. The summed E-state index contributed by atoms with van der Waals surface area (Å²) in [6.45, 7) is 7.03. The maximum absolute atomic E-state index is 6.02. The highest BCUT2D eigenvalue weighted by molar-refractivity contribution is 6.88. The summed E-state index contributed by atoms with van der Waals surface area (Å²) >= 11 is 6.02. The zero-order chi connectivity index (χ0) is 11.1. The third-order valence-corrected chi connectivity index (χ3v) is 4.93. The Labute approximate surface area is 96.1 Å². The maximum Gasteiger partial charge on any atom is 0.136 e. The van der Waals surface area contributed by atoms with Crippen molar-refractivity contribution in [2.24, 2.45) is 0 Å². The second-order valence-corrected chi connectivity index (χ2v) is 10.2. The summed E-state index contributed by atoms with van der Waals surface area (Å²) in [5.74, 6) is 0. The van der Waals surface area contributed by atoms with E-state index < -0.39 is 8.07 Å². The fraction of sp³-hybridized carbons (Fsp3) is 0.250. The van der Waals surface area contributed by atoms with Crippen LogP contribution in [0.3, 0.4) is 0 Å². The van der Waals surface area contributed by atoms with E-state index >= 15 is 0 Å². The summed E-state index contributed by atoms with van der Waals surface area (Å²) in [7, 11) is -1.23. The second-order valence-electron chi connectivity index (χ2n) is 4.79. The van der Waals surface area contributed by atoms with Gasteiger partial charge in [0.05, 0.1) is 8.07 Å². The Balaban J connectivity index is 2.68. The van der Waals surface area contributed by atoms with Crippen LogP contribution in [0.4, 0.5) is 0 Å². The molecule has 0 fully saturated rings. The first kappa shape index (κ1) is 10.6. The minimum atomic E-state index is -1.23. The predicted molar refractivity (Wildman–Crippen MR) is 69.7 cm³/mol. The molecule has 0 aliphatic rings. The lowest BCUT2D eigenvalue weighted by molar-refractivity contribution is 1.36. The van der Waals surface area contributed by atoms with Gasteiger partial charge in [-0.3, -0.25) is 0 Å². The van der Waals surface area contributed by atoms with Gasteiger partial charge in [-0.2, -0.15) is 0 Å². The standard InChI is InChI=1S/C12H14ClNSi/c1-15(2,3)10-4-5-11-9(8-10)6-7-14-12(11)13/h4-8H,1-3H3. The molecule has 0 radical (unpaired) electrons. The van der Waals surface area contributed by atoms with Gasteiger partial charge in [0.2, 0.25) is 0 Å². The summed E-state index contributed by atoms with van der Waals surface area (Å²) in [4.78, 5) is 4.08. The van der Waals surface area contributed by atoms with Crippen molar-refractivity contribution in [2.45, 2.75) is 19.6 Å². The van der Waals surface area contributed by atoms with E-state index in [-0.39, 0.29) is 0 Å². The molecular weight excluding hydrogens is 222 g/mol. The number of benzene rings is 1. The van der Waals surface area contributed by atoms with Crippen molar-refractivity contribution in [1.82, 2.24) is 4.98 Å². The average molecular weight is 236 g/mol. The monoisotopic (exact) mass is 235 g/mol. The largest absolute Gasteiger partial charge is 0.244 e. The Kier molecular flexibility index (Phi) is 2.57. The van der Waals surface area contributed by atoms with Gasteiger partial charge in [-0.25, -0.2) is 4.98 Å². The van der Waals surface area contributed by atoms with Gasteiger partial charge in [0.15, 0.2) is 0 Å². The van der Waals surface area contributed by atoms with Gasteiger partial charge in [0.25, 0.3) is 0 Å². The minimum absolute atomic E-state index is 0.592. The Morgan fingerprint density at radius 3 is 2.53 bits per heavy atom. The van der Waals surface area contributed by atoms with Gasteiger partial charge in [-0.05, 0) is 11.5 Å². The average Bonchev–Trinajstić information content (AvgIpc) is 2.16. The van der Waals surface area contributed by atoms with E-state index in [9.17, 15) is 0 Å². The summed E-state index contributed by atoms with van der Waals surface area (Å²) in [5, 5.41) is 4.28. The first-order valence-corrected chi connectivity index (χ1v) is 8.91. The SMILES string of the molecule is C[Si](C)(C)c1ccc2c(Cl)nccc2c1. The van der Waals surface area contributed by atoms with E-state index in [4.69, 9.17) is 11.6 Å². The van der Waals surface area contributed by atoms with Gasteiger partial charge in [0, 0.05) is 11.6 Å². The number of rotatable bonds is 1. The molecule has 1 aromatic heterocycles. The molecule has 0 saturated heterocycles. The smallest absolute Gasteiger partial charge is 0.136 e. The van der Waals surface area contributed by atoms with Gasteiger partial charge in [0.1, 0.15) is 5.15 Å². The van der Waals surface area contributed by atoms with Crippen LogP contribution in [-0.2, 0) is 0 Å². The predicted octanol–water partition coefficient (Wildman–Crippen LogP) is 3.43. The summed E-state index contributed by atoms with van der Waals surface area (Å²) < 4.78 is 0. The van der Waals surface area contributed by atoms with Crippen LogP contribution in [0.2, 0.25) is 24.8 Å². The van der Waals surface area contributed by atoms with E-state index in [0.29, 0.717) is 5.15 Å². The molecule has 0 unspecified atom stereocenters. The highest BCUT2D eigenvalue weighted by Gasteiger charge is 2.16. The Morgan fingerprint density at radius 2 is 1.87 bits per heavy atom. The molecule has 0 amide bonds. The van der Waals surface area contributed by atoms with Crippen LogP contribution in [-0.4, -0.2) is 13.1 Å². The van der Waals surface area contributed by atoms with Crippen molar-refractivity contribution in [3.63, 3.8) is 0 Å². The summed E-state index contributed by atoms with van der Waals surface area (Å²) in [6, 6.07) is 8.53. The van der Waals surface area contributed by atoms with Crippen molar-refractivity contribution < 1.29 is 0 Å². The van der Waals surface area contributed by atoms with Crippen LogP contribution >= 0.6 is 11.6 Å². The van der Waals surface area contributed by atoms with Gasteiger partial charge < -0.3 is 0 Å². The minimum Gasteiger partial charge on any atom is -0.244 e. The number of halogens is 1. The lowest BCUT2D eigenvalue weighted by Crippen LogP contribution is -2.37. The van der Waals surface area contributed by atoms with Gasteiger partial charge >= 0.3 is 0 Å². The number of hydrogen-bond donors (Lipinski definition) is 0. The second kappa shape index (κ2) is 3.61. The molecular formula is C12H14ClNSi. The highest BCUT2D eigenvalue weighted by atomic mass is 35.5. The van der Waals surface area contributed by atoms with Crippen LogP contribution in [0.25, 0.3) is 10.8 Å². The van der Waals surface area contributed by atoms with Crippen LogP contribution in [0, 0.1) is 0 Å². The van der Waals surface area contributed by atoms with E-state index in [0.717, 1.165) is 5.39 Å². The number of nitrogens with zero attached hydrogens (tertiary/aromatic N) is 1. The molecule has 0 spiro atoms. The van der Waals surface area contributed by atoms with Crippen LogP contribution in [0.1, 0.15) is 0 Å². The highest BCUT2D eigenvalue weighted by Crippen LogP contribution is 2.20. The molecule has 2 aromatic rings. The molecule has 0 aliphatic carbocycles. The maximum atomic E-state index is 6.02. The van der Waals surface area contributed by atoms with E-state index in [1.807, 2.05) is 6.07 Å². The molecule has 0 N–H and O–H groups in total. The molecule has 0 saturated carbocycles. The summed E-state index contributed by atoms with van der Waals surface area (Å²) in [6.07, 6.45) is 1.76. The van der Waals surface area contributed by atoms with E-state index in [1.54, 1.807) is 6.20 Å². The molecule has 1 aromatic carbocycles. The lowest BCUT2D eigenvalue weighted by atomic mass is 10.2. The third kappa shape index (κ3) is 2.06. The Morgan fingerprint density at radius 1 is 1.13 bits per heavy atom. The Hall–Kier alpha value is -0.863. The molecule has 3 heteroatoms. The van der Waals surface area contributed by atoms with Crippen molar-refractivity contribution in [1.29, 1.82) is 0 Å². The Bertz CT molecular complexity index is 502. The van der Waals surface area contributed by atoms with Crippen molar-refractivity contribution in [2.75, 3.05) is 0 Å². The quantitative estimate of drug-likeness (QED) is 0.545. The van der Waals surface area contributed by atoms with Gasteiger partial charge in [-0.15, -0.1) is 0 Å². The molecule has 2 rings (SSSR count). The normalized spacial score (nSPS) is 12.0. The van der Waals surface area contributed by atoms with Crippen molar-refractivity contribution in [3.05, 3.63) is 35.6 Å². The summed E-state index contributed by atoms with van der Waals surface area (Å²) in [5.41, 5.74) is 0. The number of aromatic nitrogens is 1. The first-order valence-electron chi connectivity index (χ1n) is 5.03. The topological polar surface area (TPSA) is 12.9 Å². The van der Waals surface area contributed by atoms with Crippen molar-refractivity contribution >= 4 is 35.6 Å².